The minimum atomic E-state index is -0.565. The first kappa shape index (κ1) is 26.1. The van der Waals surface area contributed by atoms with E-state index in [9.17, 15) is 19.2 Å². The molecule has 7 nitrogen and oxygen atoms in total. The second kappa shape index (κ2) is 12.3. The Balaban J connectivity index is 1.65. The Hall–Kier alpha value is -3.48. The smallest absolute Gasteiger partial charge is 0.261 e. The van der Waals surface area contributed by atoms with Gasteiger partial charge in [-0.1, -0.05) is 63.2 Å². The third kappa shape index (κ3) is 6.56. The van der Waals surface area contributed by atoms with Gasteiger partial charge in [0.05, 0.1) is 11.1 Å². The molecule has 0 fully saturated rings. The van der Waals surface area contributed by atoms with Gasteiger partial charge < -0.3 is 10.2 Å². The first-order valence-electron chi connectivity index (χ1n) is 12.4. The van der Waals surface area contributed by atoms with Crippen molar-refractivity contribution in [2.75, 3.05) is 19.6 Å². The monoisotopic (exact) mass is 477 g/mol. The molecule has 0 saturated carbocycles. The van der Waals surface area contributed by atoms with Gasteiger partial charge in [-0.3, -0.25) is 24.1 Å². The van der Waals surface area contributed by atoms with Crippen molar-refractivity contribution in [1.82, 2.24) is 15.1 Å². The van der Waals surface area contributed by atoms with Crippen LogP contribution in [0.2, 0.25) is 0 Å². The summed E-state index contributed by atoms with van der Waals surface area (Å²) in [4.78, 5) is 54.3. The van der Waals surface area contributed by atoms with Gasteiger partial charge in [-0.15, -0.1) is 0 Å². The summed E-state index contributed by atoms with van der Waals surface area (Å²) in [5, 5.41) is 2.96. The number of rotatable bonds is 12. The Bertz CT molecular complexity index is 1020. The molecule has 1 heterocycles. The van der Waals surface area contributed by atoms with E-state index in [1.165, 1.54) is 4.90 Å². The molecular weight excluding hydrogens is 442 g/mol. The highest BCUT2D eigenvalue weighted by Gasteiger charge is 2.35. The predicted molar refractivity (Wildman–Crippen MR) is 135 cm³/mol. The molecule has 2 aromatic carbocycles. The van der Waals surface area contributed by atoms with Crippen LogP contribution in [-0.4, -0.2) is 59.1 Å². The van der Waals surface area contributed by atoms with Gasteiger partial charge >= 0.3 is 0 Å². The number of nitrogens with zero attached hydrogens (tertiary/aromatic N) is 2. The van der Waals surface area contributed by atoms with Crippen LogP contribution in [-0.2, 0) is 16.0 Å². The quantitative estimate of drug-likeness (QED) is 0.473. The highest BCUT2D eigenvalue weighted by molar-refractivity contribution is 6.21. The Morgan fingerprint density at radius 1 is 0.943 bits per heavy atom. The lowest BCUT2D eigenvalue weighted by molar-refractivity contribution is -0.140. The van der Waals surface area contributed by atoms with Crippen LogP contribution >= 0.6 is 0 Å². The molecule has 3 rings (SSSR count). The lowest BCUT2D eigenvalue weighted by Crippen LogP contribution is -2.50. The van der Waals surface area contributed by atoms with E-state index in [-0.39, 0.29) is 36.6 Å². The molecule has 0 aromatic heterocycles. The van der Waals surface area contributed by atoms with Crippen LogP contribution in [0.4, 0.5) is 0 Å². The van der Waals surface area contributed by atoms with Gasteiger partial charge in [0.25, 0.3) is 11.8 Å². The number of imide groups is 1. The largest absolute Gasteiger partial charge is 0.354 e. The fourth-order valence-electron chi connectivity index (χ4n) is 4.29. The summed E-state index contributed by atoms with van der Waals surface area (Å²) >= 11 is 0. The van der Waals surface area contributed by atoms with E-state index >= 15 is 0 Å². The van der Waals surface area contributed by atoms with E-state index in [4.69, 9.17) is 0 Å². The standard InChI is InChI=1S/C28H35N3O4/c1-4-24(26(33)29-19-20(2)3)30(18-16-21-11-6-5-7-12-21)25(32)15-10-17-31-27(34)22-13-8-9-14-23(22)28(31)35/h5-9,11-14,20,24H,4,10,15-19H2,1-3H3,(H,29,33). The molecule has 0 radical (unpaired) electrons. The normalized spacial score (nSPS) is 13.7. The Labute approximate surface area is 207 Å². The molecule has 1 unspecified atom stereocenters. The molecule has 2 aromatic rings. The number of hydrogen-bond acceptors (Lipinski definition) is 4. The lowest BCUT2D eigenvalue weighted by Gasteiger charge is -2.31. The van der Waals surface area contributed by atoms with Crippen molar-refractivity contribution in [2.45, 2.75) is 52.5 Å². The Morgan fingerprint density at radius 2 is 1.54 bits per heavy atom. The van der Waals surface area contributed by atoms with Crippen molar-refractivity contribution in [3.05, 3.63) is 71.3 Å². The van der Waals surface area contributed by atoms with Crippen LogP contribution < -0.4 is 5.32 Å². The average molecular weight is 478 g/mol. The van der Waals surface area contributed by atoms with E-state index in [1.54, 1.807) is 29.2 Å². The fourth-order valence-corrected chi connectivity index (χ4v) is 4.29. The molecule has 0 aliphatic carbocycles. The first-order chi connectivity index (χ1) is 16.8. The molecule has 35 heavy (non-hydrogen) atoms. The van der Waals surface area contributed by atoms with Crippen LogP contribution in [0.5, 0.6) is 0 Å². The number of carbonyl (C=O) groups is 4. The van der Waals surface area contributed by atoms with Crippen molar-refractivity contribution in [3.8, 4) is 0 Å². The van der Waals surface area contributed by atoms with Gasteiger partial charge in [0.2, 0.25) is 11.8 Å². The molecule has 0 spiro atoms. The van der Waals surface area contributed by atoms with E-state index in [2.05, 4.69) is 5.32 Å². The molecule has 186 valence electrons. The number of carbonyl (C=O) groups excluding carboxylic acids is 4. The molecule has 0 saturated heterocycles. The third-order valence-electron chi connectivity index (χ3n) is 6.21. The van der Waals surface area contributed by atoms with E-state index in [1.807, 2.05) is 51.1 Å². The third-order valence-corrected chi connectivity index (χ3v) is 6.21. The number of benzene rings is 2. The second-order valence-corrected chi connectivity index (χ2v) is 9.30. The zero-order valence-electron chi connectivity index (χ0n) is 20.8. The Morgan fingerprint density at radius 3 is 2.11 bits per heavy atom. The molecular formula is C28H35N3O4. The van der Waals surface area contributed by atoms with Gasteiger partial charge in [-0.25, -0.2) is 0 Å². The summed E-state index contributed by atoms with van der Waals surface area (Å²) in [6.45, 7) is 7.10. The van der Waals surface area contributed by atoms with Gasteiger partial charge in [0, 0.05) is 26.1 Å². The first-order valence-corrected chi connectivity index (χ1v) is 12.4. The van der Waals surface area contributed by atoms with Crippen molar-refractivity contribution in [2.24, 2.45) is 5.92 Å². The molecule has 1 aliphatic rings. The second-order valence-electron chi connectivity index (χ2n) is 9.30. The molecule has 7 heteroatoms. The van der Waals surface area contributed by atoms with Crippen LogP contribution in [0.1, 0.15) is 66.3 Å². The Kier molecular flexibility index (Phi) is 9.18. The van der Waals surface area contributed by atoms with Crippen molar-refractivity contribution in [1.29, 1.82) is 0 Å². The zero-order chi connectivity index (χ0) is 25.4. The highest BCUT2D eigenvalue weighted by Crippen LogP contribution is 2.23. The van der Waals surface area contributed by atoms with Gasteiger partial charge in [0.1, 0.15) is 6.04 Å². The van der Waals surface area contributed by atoms with Crippen molar-refractivity contribution < 1.29 is 19.2 Å². The molecule has 4 amide bonds. The fraction of sp³-hybridized carbons (Fsp3) is 0.429. The molecule has 1 N–H and O–H groups in total. The maximum absolute atomic E-state index is 13.3. The van der Waals surface area contributed by atoms with Crippen LogP contribution in [0.15, 0.2) is 54.6 Å². The minimum Gasteiger partial charge on any atom is -0.354 e. The summed E-state index contributed by atoms with van der Waals surface area (Å²) in [5.41, 5.74) is 1.90. The van der Waals surface area contributed by atoms with Gasteiger partial charge in [-0.05, 0) is 42.9 Å². The average Bonchev–Trinajstić information content (AvgIpc) is 3.10. The van der Waals surface area contributed by atoms with Crippen molar-refractivity contribution >= 4 is 23.6 Å². The van der Waals surface area contributed by atoms with E-state index in [0.29, 0.717) is 49.4 Å². The number of fused-ring (bicyclic) bond motifs is 1. The topological polar surface area (TPSA) is 86.8 Å². The summed E-state index contributed by atoms with van der Waals surface area (Å²) in [5.74, 6) is -0.631. The van der Waals surface area contributed by atoms with E-state index < -0.39 is 6.04 Å². The summed E-state index contributed by atoms with van der Waals surface area (Å²) in [6, 6.07) is 16.1. The number of hydrogen-bond donors (Lipinski definition) is 1. The van der Waals surface area contributed by atoms with Crippen molar-refractivity contribution in [3.63, 3.8) is 0 Å². The molecule has 1 aliphatic heterocycles. The number of nitrogens with one attached hydrogen (secondary N) is 1. The molecule has 0 bridgehead atoms. The van der Waals surface area contributed by atoms with Gasteiger partial charge in [-0.2, -0.15) is 0 Å². The maximum Gasteiger partial charge on any atom is 0.261 e. The van der Waals surface area contributed by atoms with Crippen LogP contribution in [0.25, 0.3) is 0 Å². The minimum absolute atomic E-state index is 0.149. The van der Waals surface area contributed by atoms with E-state index in [0.717, 1.165) is 5.56 Å². The zero-order valence-corrected chi connectivity index (χ0v) is 20.8. The van der Waals surface area contributed by atoms with Crippen LogP contribution in [0.3, 0.4) is 0 Å². The summed E-state index contributed by atoms with van der Waals surface area (Å²) < 4.78 is 0. The molecule has 1 atom stereocenters. The van der Waals surface area contributed by atoms with Gasteiger partial charge in [0.15, 0.2) is 0 Å². The maximum atomic E-state index is 13.3. The van der Waals surface area contributed by atoms with Crippen LogP contribution in [0, 0.1) is 5.92 Å². The SMILES string of the molecule is CCC(C(=O)NCC(C)C)N(CCc1ccccc1)C(=O)CCCN1C(=O)c2ccccc2C1=O. The number of amides is 4. The lowest BCUT2D eigenvalue weighted by atomic mass is 10.1. The summed E-state index contributed by atoms with van der Waals surface area (Å²) in [7, 11) is 0. The predicted octanol–water partition coefficient (Wildman–Crippen LogP) is 3.68. The summed E-state index contributed by atoms with van der Waals surface area (Å²) in [6.07, 6.45) is 1.63. The highest BCUT2D eigenvalue weighted by atomic mass is 16.2.